The Labute approximate surface area is 127 Å². The minimum Gasteiger partial charge on any atom is -0.465 e. The van der Waals surface area contributed by atoms with E-state index in [9.17, 15) is 9.59 Å². The van der Waals surface area contributed by atoms with Crippen LogP contribution in [0.4, 0.5) is 4.79 Å². The second kappa shape index (κ2) is 7.64. The molecule has 0 aliphatic carbocycles. The lowest BCUT2D eigenvalue weighted by Crippen LogP contribution is -2.54. The Balaban J connectivity index is 2.51. The third-order valence-corrected chi connectivity index (χ3v) is 3.35. The summed E-state index contributed by atoms with van der Waals surface area (Å²) < 4.78 is 10.5. The molecule has 0 N–H and O–H groups in total. The molecule has 1 rings (SSSR count). The van der Waals surface area contributed by atoms with Crippen molar-refractivity contribution in [3.05, 3.63) is 0 Å². The lowest BCUT2D eigenvalue weighted by molar-refractivity contribution is -0.150. The van der Waals surface area contributed by atoms with Gasteiger partial charge in [0.15, 0.2) is 0 Å². The molecule has 0 aromatic rings. The van der Waals surface area contributed by atoms with E-state index in [1.807, 2.05) is 34.6 Å². The summed E-state index contributed by atoms with van der Waals surface area (Å²) in [6.45, 7) is 12.2. The zero-order chi connectivity index (χ0) is 16.0. The van der Waals surface area contributed by atoms with Gasteiger partial charge in [0.1, 0.15) is 11.6 Å². The maximum absolute atomic E-state index is 12.0. The molecule has 0 radical (unpaired) electrons. The van der Waals surface area contributed by atoms with E-state index in [2.05, 4.69) is 4.90 Å². The van der Waals surface area contributed by atoms with Gasteiger partial charge in [0.2, 0.25) is 0 Å². The lowest BCUT2D eigenvalue weighted by atomic mass is 10.1. The van der Waals surface area contributed by atoms with Gasteiger partial charge in [-0.25, -0.2) is 4.79 Å². The van der Waals surface area contributed by atoms with E-state index in [1.54, 1.807) is 4.90 Å². The highest BCUT2D eigenvalue weighted by Crippen LogP contribution is 2.14. The van der Waals surface area contributed by atoms with Gasteiger partial charge < -0.3 is 14.4 Å². The molecule has 0 aromatic carbocycles. The Morgan fingerprint density at radius 1 is 1.10 bits per heavy atom. The van der Waals surface area contributed by atoms with E-state index in [0.717, 1.165) is 0 Å². The molecule has 1 unspecified atom stereocenters. The van der Waals surface area contributed by atoms with Gasteiger partial charge in [-0.3, -0.25) is 9.69 Å². The molecule has 1 atom stereocenters. The second-order valence-electron chi connectivity index (χ2n) is 6.18. The van der Waals surface area contributed by atoms with Crippen LogP contribution in [0.15, 0.2) is 0 Å². The summed E-state index contributed by atoms with van der Waals surface area (Å²) in [4.78, 5) is 27.7. The maximum Gasteiger partial charge on any atom is 0.410 e. The van der Waals surface area contributed by atoms with Gasteiger partial charge in [-0.15, -0.1) is 0 Å². The fourth-order valence-electron chi connectivity index (χ4n) is 2.36. The van der Waals surface area contributed by atoms with Crippen LogP contribution in [0.5, 0.6) is 0 Å². The molecule has 0 spiro atoms. The minimum atomic E-state index is -0.481. The molecule has 0 aromatic heterocycles. The van der Waals surface area contributed by atoms with Gasteiger partial charge in [-0.2, -0.15) is 0 Å². The highest BCUT2D eigenvalue weighted by Gasteiger charge is 2.31. The number of amides is 1. The number of carbonyl (C=O) groups is 2. The topological polar surface area (TPSA) is 59.1 Å². The Kier molecular flexibility index (Phi) is 6.45. The molecule has 122 valence electrons. The summed E-state index contributed by atoms with van der Waals surface area (Å²) in [5, 5.41) is 0. The van der Waals surface area contributed by atoms with Crippen molar-refractivity contribution in [3.63, 3.8) is 0 Å². The normalized spacial score (nSPS) is 18.2. The van der Waals surface area contributed by atoms with Gasteiger partial charge in [0, 0.05) is 26.2 Å². The molecule has 1 aliphatic heterocycles. The number of hydrogen-bond donors (Lipinski definition) is 0. The third-order valence-electron chi connectivity index (χ3n) is 3.35. The molecule has 6 nitrogen and oxygen atoms in total. The first-order chi connectivity index (χ1) is 9.78. The summed E-state index contributed by atoms with van der Waals surface area (Å²) in [6, 6.07) is -0.217. The number of piperazine rings is 1. The maximum atomic E-state index is 12.0. The summed E-state index contributed by atoms with van der Waals surface area (Å²) in [5.74, 6) is -0.175. The van der Waals surface area contributed by atoms with Crippen molar-refractivity contribution in [2.45, 2.75) is 52.7 Å². The molecular formula is C15H28N2O4. The van der Waals surface area contributed by atoms with Crippen LogP contribution in [0.3, 0.4) is 0 Å². The van der Waals surface area contributed by atoms with E-state index in [1.165, 1.54) is 0 Å². The molecule has 0 bridgehead atoms. The summed E-state index contributed by atoms with van der Waals surface area (Å²) in [7, 11) is 0. The third kappa shape index (κ3) is 5.53. The van der Waals surface area contributed by atoms with E-state index >= 15 is 0 Å². The van der Waals surface area contributed by atoms with Gasteiger partial charge in [-0.05, 0) is 34.1 Å². The number of ether oxygens (including phenoxy) is 2. The molecule has 0 saturated carbocycles. The first-order valence-electron chi connectivity index (χ1n) is 7.67. The molecule has 1 fully saturated rings. The first kappa shape index (κ1) is 17.8. The summed E-state index contributed by atoms with van der Waals surface area (Å²) in [6.07, 6.45) is 0.428. The highest BCUT2D eigenvalue weighted by atomic mass is 16.6. The Bertz CT molecular complexity index is 357. The van der Waals surface area contributed by atoms with Crippen molar-refractivity contribution in [1.29, 1.82) is 0 Å². The second-order valence-corrected chi connectivity index (χ2v) is 6.18. The van der Waals surface area contributed by atoms with Gasteiger partial charge in [0.05, 0.1) is 6.61 Å². The van der Waals surface area contributed by atoms with Crippen molar-refractivity contribution in [2.24, 2.45) is 0 Å². The standard InChI is InChI=1S/C15H28N2O4/c1-6-12(13(18)20-7-2)16-8-10-17(11-9-16)14(19)21-15(3,4)5/h12H,6-11H2,1-5H3. The Morgan fingerprint density at radius 3 is 2.10 bits per heavy atom. The van der Waals surface area contributed by atoms with Crippen LogP contribution < -0.4 is 0 Å². The lowest BCUT2D eigenvalue weighted by Gasteiger charge is -2.38. The molecule has 6 heteroatoms. The predicted molar refractivity (Wildman–Crippen MR) is 80.1 cm³/mol. The first-order valence-corrected chi connectivity index (χ1v) is 7.67. The SMILES string of the molecule is CCOC(=O)C(CC)N1CCN(C(=O)OC(C)(C)C)CC1. The number of nitrogens with zero attached hydrogens (tertiary/aromatic N) is 2. The number of esters is 1. The van der Waals surface area contributed by atoms with Gasteiger partial charge in [-0.1, -0.05) is 6.92 Å². The highest BCUT2D eigenvalue weighted by molar-refractivity contribution is 5.75. The van der Waals surface area contributed by atoms with Crippen LogP contribution in [0.1, 0.15) is 41.0 Å². The molecule has 1 aliphatic rings. The Morgan fingerprint density at radius 2 is 1.67 bits per heavy atom. The van der Waals surface area contributed by atoms with E-state index in [0.29, 0.717) is 39.2 Å². The molecule has 1 amide bonds. The zero-order valence-electron chi connectivity index (χ0n) is 13.8. The average molecular weight is 300 g/mol. The van der Waals surface area contributed by atoms with Crippen molar-refractivity contribution < 1.29 is 19.1 Å². The minimum absolute atomic E-state index is 0.175. The molecular weight excluding hydrogens is 272 g/mol. The van der Waals surface area contributed by atoms with Crippen LogP contribution in [-0.2, 0) is 14.3 Å². The molecule has 1 saturated heterocycles. The van der Waals surface area contributed by atoms with E-state index in [-0.39, 0.29) is 18.1 Å². The van der Waals surface area contributed by atoms with Crippen molar-refractivity contribution in [2.75, 3.05) is 32.8 Å². The number of carbonyl (C=O) groups excluding carboxylic acids is 2. The smallest absolute Gasteiger partial charge is 0.410 e. The van der Waals surface area contributed by atoms with E-state index < -0.39 is 5.60 Å². The van der Waals surface area contributed by atoms with Crippen LogP contribution >= 0.6 is 0 Å². The average Bonchev–Trinajstić information content (AvgIpc) is 2.38. The summed E-state index contributed by atoms with van der Waals surface area (Å²) >= 11 is 0. The van der Waals surface area contributed by atoms with E-state index in [4.69, 9.17) is 9.47 Å². The predicted octanol–water partition coefficient (Wildman–Crippen LogP) is 1.88. The fraction of sp³-hybridized carbons (Fsp3) is 0.867. The largest absolute Gasteiger partial charge is 0.465 e. The fourth-order valence-corrected chi connectivity index (χ4v) is 2.36. The quantitative estimate of drug-likeness (QED) is 0.742. The zero-order valence-corrected chi connectivity index (χ0v) is 13.8. The van der Waals surface area contributed by atoms with Crippen LogP contribution in [0.2, 0.25) is 0 Å². The van der Waals surface area contributed by atoms with Crippen molar-refractivity contribution >= 4 is 12.1 Å². The van der Waals surface area contributed by atoms with Crippen LogP contribution in [0, 0.1) is 0 Å². The number of rotatable bonds is 4. The Hall–Kier alpha value is -1.30. The van der Waals surface area contributed by atoms with Gasteiger partial charge in [0.25, 0.3) is 0 Å². The van der Waals surface area contributed by atoms with Crippen LogP contribution in [-0.4, -0.2) is 66.3 Å². The van der Waals surface area contributed by atoms with Gasteiger partial charge >= 0.3 is 12.1 Å². The summed E-state index contributed by atoms with van der Waals surface area (Å²) in [5.41, 5.74) is -0.481. The monoisotopic (exact) mass is 300 g/mol. The molecule has 1 heterocycles. The van der Waals surface area contributed by atoms with Crippen molar-refractivity contribution in [1.82, 2.24) is 9.80 Å². The van der Waals surface area contributed by atoms with Crippen LogP contribution in [0.25, 0.3) is 0 Å². The number of hydrogen-bond acceptors (Lipinski definition) is 5. The van der Waals surface area contributed by atoms with Crippen molar-refractivity contribution in [3.8, 4) is 0 Å². The molecule has 21 heavy (non-hydrogen) atoms.